The molecule has 1 aromatic carbocycles. The van der Waals surface area contributed by atoms with Crippen molar-refractivity contribution in [1.82, 2.24) is 0 Å². The number of nitrogens with zero attached hydrogens (tertiary/aromatic N) is 1. The number of rotatable bonds is 5. The summed E-state index contributed by atoms with van der Waals surface area (Å²) in [4.78, 5) is 2.14. The largest absolute Gasteiger partial charge is 0.397 e. The van der Waals surface area contributed by atoms with Gasteiger partial charge in [-0.05, 0) is 26.0 Å². The second kappa shape index (κ2) is 6.34. The molecule has 0 radical (unpaired) electrons. The summed E-state index contributed by atoms with van der Waals surface area (Å²) in [6, 6.07) is 3.79. The number of benzene rings is 1. The van der Waals surface area contributed by atoms with Gasteiger partial charge in [0.05, 0.1) is 28.0 Å². The second-order valence-corrected chi connectivity index (χ2v) is 4.92. The molecule has 0 saturated carbocycles. The fraction of sp³-hybridized carbons (Fsp3) is 0.500. The summed E-state index contributed by atoms with van der Waals surface area (Å²) in [5.74, 6) is 0. The Morgan fingerprint density at radius 2 is 1.88 bits per heavy atom. The molecule has 0 fully saturated rings. The highest BCUT2D eigenvalue weighted by Crippen LogP contribution is 2.33. The minimum absolute atomic E-state index is 0.310. The fourth-order valence-corrected chi connectivity index (χ4v) is 1.98. The van der Waals surface area contributed by atoms with E-state index >= 15 is 0 Å². The number of hydrogen-bond donors (Lipinski definition) is 1. The molecule has 1 rings (SSSR count). The number of ether oxygens (including phenoxy) is 1. The van der Waals surface area contributed by atoms with Crippen LogP contribution in [0.5, 0.6) is 0 Å². The number of methoxy groups -OCH3 is 1. The van der Waals surface area contributed by atoms with E-state index in [2.05, 4.69) is 18.7 Å². The Morgan fingerprint density at radius 3 is 2.41 bits per heavy atom. The van der Waals surface area contributed by atoms with Crippen molar-refractivity contribution >= 4 is 34.6 Å². The minimum Gasteiger partial charge on any atom is -0.397 e. The second-order valence-electron chi connectivity index (χ2n) is 4.11. The van der Waals surface area contributed by atoms with Crippen molar-refractivity contribution < 1.29 is 4.74 Å². The smallest absolute Gasteiger partial charge is 0.0637 e. The Kier molecular flexibility index (Phi) is 5.37. The van der Waals surface area contributed by atoms with Crippen molar-refractivity contribution in [2.75, 3.05) is 30.9 Å². The molecule has 0 spiro atoms. The van der Waals surface area contributed by atoms with Gasteiger partial charge in [0.25, 0.3) is 0 Å². The maximum Gasteiger partial charge on any atom is 0.0637 e. The van der Waals surface area contributed by atoms with Gasteiger partial charge in [-0.15, -0.1) is 0 Å². The quantitative estimate of drug-likeness (QED) is 0.838. The van der Waals surface area contributed by atoms with E-state index in [1.54, 1.807) is 19.2 Å². The molecule has 0 aromatic heterocycles. The summed E-state index contributed by atoms with van der Waals surface area (Å²) in [7, 11) is 1.68. The van der Waals surface area contributed by atoms with Crippen LogP contribution in [0.4, 0.5) is 11.4 Å². The van der Waals surface area contributed by atoms with Crippen LogP contribution in [0.25, 0.3) is 0 Å². The molecule has 0 bridgehead atoms. The number of hydrogen-bond acceptors (Lipinski definition) is 3. The number of nitrogen functional groups attached to an aromatic ring is 1. The SMILES string of the molecule is COCCN(c1cc(Cl)c(Cl)cc1N)C(C)C. The van der Waals surface area contributed by atoms with Gasteiger partial charge in [-0.25, -0.2) is 0 Å². The van der Waals surface area contributed by atoms with E-state index in [0.717, 1.165) is 12.2 Å². The predicted octanol–water partition coefficient (Wildman–Crippen LogP) is 3.44. The highest BCUT2D eigenvalue weighted by atomic mass is 35.5. The van der Waals surface area contributed by atoms with Gasteiger partial charge in [-0.2, -0.15) is 0 Å². The predicted molar refractivity (Wildman–Crippen MR) is 75.2 cm³/mol. The summed E-state index contributed by atoms with van der Waals surface area (Å²) in [6.07, 6.45) is 0. The Hall–Kier alpha value is -0.640. The maximum absolute atomic E-state index is 6.02. The first kappa shape index (κ1) is 14.4. The van der Waals surface area contributed by atoms with Crippen LogP contribution in [0, 0.1) is 0 Å². The first-order valence-electron chi connectivity index (χ1n) is 5.47. The molecule has 17 heavy (non-hydrogen) atoms. The van der Waals surface area contributed by atoms with E-state index < -0.39 is 0 Å². The Morgan fingerprint density at radius 1 is 1.29 bits per heavy atom. The molecule has 0 aliphatic heterocycles. The zero-order valence-corrected chi connectivity index (χ0v) is 11.8. The Bertz CT molecular complexity index is 383. The summed E-state index contributed by atoms with van der Waals surface area (Å²) >= 11 is 11.9. The molecule has 2 N–H and O–H groups in total. The number of halogens is 2. The molecule has 0 amide bonds. The van der Waals surface area contributed by atoms with Gasteiger partial charge in [-0.1, -0.05) is 23.2 Å². The van der Waals surface area contributed by atoms with Gasteiger partial charge in [0, 0.05) is 19.7 Å². The topological polar surface area (TPSA) is 38.5 Å². The van der Waals surface area contributed by atoms with E-state index in [1.807, 2.05) is 0 Å². The maximum atomic E-state index is 6.02. The lowest BCUT2D eigenvalue weighted by Crippen LogP contribution is -2.34. The van der Waals surface area contributed by atoms with Gasteiger partial charge in [-0.3, -0.25) is 0 Å². The van der Waals surface area contributed by atoms with Crippen LogP contribution in [-0.2, 0) is 4.74 Å². The molecule has 0 unspecified atom stereocenters. The van der Waals surface area contributed by atoms with Crippen LogP contribution in [0.15, 0.2) is 12.1 Å². The molecular formula is C12H18Cl2N2O. The van der Waals surface area contributed by atoms with Crippen LogP contribution < -0.4 is 10.6 Å². The van der Waals surface area contributed by atoms with Gasteiger partial charge in [0.1, 0.15) is 0 Å². The third-order valence-electron chi connectivity index (χ3n) is 2.54. The zero-order valence-electron chi connectivity index (χ0n) is 10.3. The summed E-state index contributed by atoms with van der Waals surface area (Å²) in [6.45, 7) is 5.59. The van der Waals surface area contributed by atoms with Gasteiger partial charge in [0.15, 0.2) is 0 Å². The molecule has 0 aliphatic carbocycles. The molecule has 0 saturated heterocycles. The van der Waals surface area contributed by atoms with Gasteiger partial charge in [0.2, 0.25) is 0 Å². The van der Waals surface area contributed by atoms with Gasteiger partial charge >= 0.3 is 0 Å². The molecule has 3 nitrogen and oxygen atoms in total. The van der Waals surface area contributed by atoms with E-state index in [-0.39, 0.29) is 0 Å². The molecule has 5 heteroatoms. The lowest BCUT2D eigenvalue weighted by Gasteiger charge is -2.30. The molecule has 0 heterocycles. The van der Waals surface area contributed by atoms with Crippen molar-refractivity contribution in [3.8, 4) is 0 Å². The van der Waals surface area contributed by atoms with Crippen LogP contribution in [-0.4, -0.2) is 26.3 Å². The van der Waals surface area contributed by atoms with E-state index in [9.17, 15) is 0 Å². The lowest BCUT2D eigenvalue weighted by atomic mass is 10.2. The van der Waals surface area contributed by atoms with E-state index in [1.165, 1.54) is 0 Å². The van der Waals surface area contributed by atoms with Crippen LogP contribution in [0.1, 0.15) is 13.8 Å². The van der Waals surface area contributed by atoms with Crippen molar-refractivity contribution in [2.45, 2.75) is 19.9 Å². The van der Waals surface area contributed by atoms with Crippen molar-refractivity contribution in [3.05, 3.63) is 22.2 Å². The van der Waals surface area contributed by atoms with Crippen LogP contribution >= 0.6 is 23.2 Å². The van der Waals surface area contributed by atoms with E-state index in [4.69, 9.17) is 33.7 Å². The number of anilines is 2. The minimum atomic E-state index is 0.310. The normalized spacial score (nSPS) is 10.9. The van der Waals surface area contributed by atoms with Gasteiger partial charge < -0.3 is 15.4 Å². The molecule has 0 atom stereocenters. The molecule has 0 aliphatic rings. The third kappa shape index (κ3) is 3.66. The summed E-state index contributed by atoms with van der Waals surface area (Å²) in [5.41, 5.74) is 7.50. The Balaban J connectivity index is 3.05. The first-order chi connectivity index (χ1) is 7.97. The third-order valence-corrected chi connectivity index (χ3v) is 3.26. The molecule has 96 valence electrons. The monoisotopic (exact) mass is 276 g/mol. The number of nitrogens with two attached hydrogens (primary N) is 1. The highest BCUT2D eigenvalue weighted by molar-refractivity contribution is 6.42. The van der Waals surface area contributed by atoms with Crippen molar-refractivity contribution in [1.29, 1.82) is 0 Å². The average molecular weight is 277 g/mol. The zero-order chi connectivity index (χ0) is 13.0. The average Bonchev–Trinajstić information content (AvgIpc) is 2.25. The molecular weight excluding hydrogens is 259 g/mol. The summed E-state index contributed by atoms with van der Waals surface area (Å²) < 4.78 is 5.10. The molecule has 1 aromatic rings. The highest BCUT2D eigenvalue weighted by Gasteiger charge is 2.15. The van der Waals surface area contributed by atoms with Crippen LogP contribution in [0.2, 0.25) is 10.0 Å². The Labute approximate surface area is 112 Å². The summed E-state index contributed by atoms with van der Waals surface area (Å²) in [5, 5.41) is 0.988. The van der Waals surface area contributed by atoms with Crippen molar-refractivity contribution in [3.63, 3.8) is 0 Å². The fourth-order valence-electron chi connectivity index (χ4n) is 1.65. The standard InChI is InChI=1S/C12H18Cl2N2O/c1-8(2)16(4-5-17-3)12-7-10(14)9(13)6-11(12)15/h6-8H,4-5,15H2,1-3H3. The lowest BCUT2D eigenvalue weighted by molar-refractivity contribution is 0.204. The van der Waals surface area contributed by atoms with Crippen molar-refractivity contribution in [2.24, 2.45) is 0 Å². The van der Waals surface area contributed by atoms with E-state index in [0.29, 0.717) is 28.4 Å². The van der Waals surface area contributed by atoms with Crippen LogP contribution in [0.3, 0.4) is 0 Å². The first-order valence-corrected chi connectivity index (χ1v) is 6.23.